The Hall–Kier alpha value is -2.94. The Morgan fingerprint density at radius 3 is 2.60 bits per heavy atom. The van der Waals surface area contributed by atoms with E-state index in [0.717, 1.165) is 17.1 Å². The first-order valence-electron chi connectivity index (χ1n) is 7.52. The second-order valence-electron chi connectivity index (χ2n) is 5.62. The molecule has 0 amide bonds. The third kappa shape index (κ3) is 3.94. The maximum Gasteiger partial charge on any atom is 0.229 e. The number of hydrogen-bond donors (Lipinski definition) is 3. The molecule has 9 heteroatoms. The fraction of sp³-hybridized carbons (Fsp3) is 0.188. The summed E-state index contributed by atoms with van der Waals surface area (Å²) in [4.78, 5) is 8.77. The highest BCUT2D eigenvalue weighted by Gasteiger charge is 2.09. The van der Waals surface area contributed by atoms with Gasteiger partial charge in [-0.05, 0) is 38.1 Å². The number of nitrogens with zero attached hydrogens (tertiary/aromatic N) is 3. The maximum atomic E-state index is 11.7. The first-order valence-corrected chi connectivity index (χ1v) is 9.41. The van der Waals surface area contributed by atoms with Crippen LogP contribution in [0.3, 0.4) is 0 Å². The molecule has 2 heterocycles. The molecule has 1 aromatic carbocycles. The lowest BCUT2D eigenvalue weighted by atomic mass is 10.3. The Balaban J connectivity index is 1.82. The lowest BCUT2D eigenvalue weighted by Gasteiger charge is -2.09. The summed E-state index contributed by atoms with van der Waals surface area (Å²) in [5.74, 6) is 1.70. The Bertz CT molecular complexity index is 1010. The Morgan fingerprint density at radius 2 is 1.92 bits per heavy atom. The number of aromatic nitrogens is 4. The van der Waals surface area contributed by atoms with Crippen LogP contribution >= 0.6 is 0 Å². The van der Waals surface area contributed by atoms with Crippen molar-refractivity contribution in [3.63, 3.8) is 0 Å². The van der Waals surface area contributed by atoms with Gasteiger partial charge in [0.25, 0.3) is 0 Å². The highest BCUT2D eigenvalue weighted by molar-refractivity contribution is 7.90. The molecule has 2 aromatic heterocycles. The number of aromatic amines is 1. The van der Waals surface area contributed by atoms with Crippen molar-refractivity contribution in [3.8, 4) is 0 Å². The number of hydrogen-bond acceptors (Lipinski definition) is 7. The molecule has 0 bridgehead atoms. The zero-order chi connectivity index (χ0) is 18.0. The van der Waals surface area contributed by atoms with Crippen LogP contribution in [-0.4, -0.2) is 34.8 Å². The largest absolute Gasteiger partial charge is 0.325 e. The van der Waals surface area contributed by atoms with Crippen molar-refractivity contribution in [1.29, 1.82) is 0 Å². The predicted octanol–water partition coefficient (Wildman–Crippen LogP) is 2.71. The zero-order valence-corrected chi connectivity index (χ0v) is 14.8. The number of rotatable bonds is 5. The molecule has 0 aliphatic carbocycles. The average molecular weight is 358 g/mol. The van der Waals surface area contributed by atoms with Gasteiger partial charge in [0, 0.05) is 23.7 Å². The molecule has 3 N–H and O–H groups in total. The molecule has 0 saturated heterocycles. The molecule has 0 aliphatic rings. The number of benzene rings is 1. The van der Waals surface area contributed by atoms with E-state index in [1.54, 1.807) is 36.5 Å². The summed E-state index contributed by atoms with van der Waals surface area (Å²) in [6.07, 6.45) is 2.78. The maximum absolute atomic E-state index is 11.7. The van der Waals surface area contributed by atoms with Crippen LogP contribution in [0.4, 0.5) is 23.3 Å². The van der Waals surface area contributed by atoms with Gasteiger partial charge in [0.1, 0.15) is 11.6 Å². The van der Waals surface area contributed by atoms with Crippen molar-refractivity contribution in [3.05, 3.63) is 47.8 Å². The van der Waals surface area contributed by atoms with Gasteiger partial charge >= 0.3 is 0 Å². The SMILES string of the molecule is Cc1n[nH]c(Nc2ccnc(Nc3cccc(S(C)(=O)=O)c3)n2)c1C. The molecule has 0 aliphatic heterocycles. The third-order valence-electron chi connectivity index (χ3n) is 3.68. The molecule has 3 aromatic rings. The van der Waals surface area contributed by atoms with Gasteiger partial charge in [-0.1, -0.05) is 6.07 Å². The summed E-state index contributed by atoms with van der Waals surface area (Å²) in [5, 5.41) is 13.2. The van der Waals surface area contributed by atoms with Crippen LogP contribution < -0.4 is 10.6 Å². The van der Waals surface area contributed by atoms with E-state index in [0.29, 0.717) is 17.5 Å². The van der Waals surface area contributed by atoms with E-state index in [2.05, 4.69) is 30.8 Å². The smallest absolute Gasteiger partial charge is 0.229 e. The molecular weight excluding hydrogens is 340 g/mol. The van der Waals surface area contributed by atoms with Gasteiger partial charge in [0.05, 0.1) is 10.6 Å². The number of H-pyrrole nitrogens is 1. The van der Waals surface area contributed by atoms with Crippen LogP contribution in [0.15, 0.2) is 41.4 Å². The molecule has 0 fully saturated rings. The Kier molecular flexibility index (Phi) is 4.41. The summed E-state index contributed by atoms with van der Waals surface area (Å²) in [6.45, 7) is 3.87. The second kappa shape index (κ2) is 6.52. The topological polar surface area (TPSA) is 113 Å². The molecular formula is C16H18N6O2S. The van der Waals surface area contributed by atoms with Crippen LogP contribution in [0.2, 0.25) is 0 Å². The average Bonchev–Trinajstić information content (AvgIpc) is 2.87. The van der Waals surface area contributed by atoms with Crippen molar-refractivity contribution in [1.82, 2.24) is 20.2 Å². The van der Waals surface area contributed by atoms with Gasteiger partial charge in [-0.15, -0.1) is 0 Å². The van der Waals surface area contributed by atoms with Crippen molar-refractivity contribution < 1.29 is 8.42 Å². The minimum absolute atomic E-state index is 0.232. The van der Waals surface area contributed by atoms with Crippen LogP contribution in [0.5, 0.6) is 0 Å². The fourth-order valence-electron chi connectivity index (χ4n) is 2.16. The molecule has 0 saturated carbocycles. The van der Waals surface area contributed by atoms with Crippen LogP contribution in [0, 0.1) is 13.8 Å². The van der Waals surface area contributed by atoms with E-state index in [1.807, 2.05) is 13.8 Å². The van der Waals surface area contributed by atoms with Crippen molar-refractivity contribution in [2.45, 2.75) is 18.7 Å². The summed E-state index contributed by atoms with van der Waals surface area (Å²) in [5.41, 5.74) is 2.51. The molecule has 0 unspecified atom stereocenters. The van der Waals surface area contributed by atoms with Crippen LogP contribution in [0.1, 0.15) is 11.3 Å². The number of sulfone groups is 1. The van der Waals surface area contributed by atoms with E-state index in [1.165, 1.54) is 6.26 Å². The van der Waals surface area contributed by atoms with Gasteiger partial charge in [-0.25, -0.2) is 13.4 Å². The number of nitrogens with one attached hydrogen (secondary N) is 3. The minimum Gasteiger partial charge on any atom is -0.325 e. The number of anilines is 4. The molecule has 8 nitrogen and oxygen atoms in total. The molecule has 0 spiro atoms. The minimum atomic E-state index is -3.27. The number of aryl methyl sites for hydroxylation is 1. The predicted molar refractivity (Wildman–Crippen MR) is 96.2 cm³/mol. The van der Waals surface area contributed by atoms with Gasteiger partial charge < -0.3 is 10.6 Å². The normalized spacial score (nSPS) is 11.3. The molecule has 0 radical (unpaired) electrons. The van der Waals surface area contributed by atoms with Gasteiger partial charge in [0.2, 0.25) is 5.95 Å². The second-order valence-corrected chi connectivity index (χ2v) is 7.64. The van der Waals surface area contributed by atoms with E-state index < -0.39 is 9.84 Å². The van der Waals surface area contributed by atoms with E-state index in [4.69, 9.17) is 0 Å². The Labute approximate surface area is 145 Å². The van der Waals surface area contributed by atoms with Gasteiger partial charge in [0.15, 0.2) is 9.84 Å². The first kappa shape index (κ1) is 16.9. The molecule has 130 valence electrons. The van der Waals surface area contributed by atoms with Gasteiger partial charge in [-0.3, -0.25) is 5.10 Å². The summed E-state index contributed by atoms with van der Waals surface area (Å²) < 4.78 is 23.3. The lowest BCUT2D eigenvalue weighted by Crippen LogP contribution is -2.02. The van der Waals surface area contributed by atoms with Crippen LogP contribution in [0.25, 0.3) is 0 Å². The van der Waals surface area contributed by atoms with E-state index in [9.17, 15) is 8.42 Å². The zero-order valence-electron chi connectivity index (χ0n) is 14.0. The van der Waals surface area contributed by atoms with Crippen molar-refractivity contribution in [2.75, 3.05) is 16.9 Å². The van der Waals surface area contributed by atoms with E-state index >= 15 is 0 Å². The van der Waals surface area contributed by atoms with Crippen LogP contribution in [-0.2, 0) is 9.84 Å². The summed E-state index contributed by atoms with van der Waals surface area (Å²) >= 11 is 0. The monoisotopic (exact) mass is 358 g/mol. The molecule has 25 heavy (non-hydrogen) atoms. The van der Waals surface area contributed by atoms with Crippen molar-refractivity contribution >= 4 is 33.1 Å². The Morgan fingerprint density at radius 1 is 1.12 bits per heavy atom. The molecule has 3 rings (SSSR count). The van der Waals surface area contributed by atoms with E-state index in [-0.39, 0.29) is 4.90 Å². The quantitative estimate of drug-likeness (QED) is 0.642. The lowest BCUT2D eigenvalue weighted by molar-refractivity contribution is 0.602. The fourth-order valence-corrected chi connectivity index (χ4v) is 2.83. The van der Waals surface area contributed by atoms with Gasteiger partial charge in [-0.2, -0.15) is 10.1 Å². The summed E-state index contributed by atoms with van der Waals surface area (Å²) in [7, 11) is -3.27. The summed E-state index contributed by atoms with van der Waals surface area (Å²) in [6, 6.07) is 8.23. The highest BCUT2D eigenvalue weighted by atomic mass is 32.2. The van der Waals surface area contributed by atoms with Crippen molar-refractivity contribution in [2.24, 2.45) is 0 Å². The first-order chi connectivity index (χ1) is 11.8. The highest BCUT2D eigenvalue weighted by Crippen LogP contribution is 2.21. The molecule has 0 atom stereocenters. The third-order valence-corrected chi connectivity index (χ3v) is 4.79. The standard InChI is InChI=1S/C16H18N6O2S/c1-10-11(2)21-22-15(10)19-14-7-8-17-16(20-14)18-12-5-4-6-13(9-12)25(3,23)24/h4-9H,1-3H3,(H3,17,18,19,20,21,22).